The zero-order valence-electron chi connectivity index (χ0n) is 16.6. The normalized spacial score (nSPS) is 18.5. The molecule has 4 amide bonds. The van der Waals surface area contributed by atoms with E-state index >= 15 is 0 Å². The average Bonchev–Trinajstić information content (AvgIpc) is 2.92. The van der Waals surface area contributed by atoms with Gasteiger partial charge in [-0.05, 0) is 30.5 Å². The molecule has 0 aliphatic carbocycles. The molecule has 0 radical (unpaired) electrons. The Bertz CT molecular complexity index is 900. The SMILES string of the molecule is COc1ccccc1C[C@@]1(C)NC(=O)N(CC(=O)NCCc2ccccc2)C1=O. The number of nitrogens with one attached hydrogen (secondary N) is 2. The summed E-state index contributed by atoms with van der Waals surface area (Å²) in [6.07, 6.45) is 0.950. The van der Waals surface area contributed by atoms with Crippen molar-refractivity contribution in [3.05, 3.63) is 65.7 Å². The molecule has 2 N–H and O–H groups in total. The second-order valence-electron chi connectivity index (χ2n) is 7.23. The first-order valence-electron chi connectivity index (χ1n) is 9.49. The minimum absolute atomic E-state index is 0.272. The summed E-state index contributed by atoms with van der Waals surface area (Å²) in [5.41, 5.74) is 0.781. The minimum atomic E-state index is -1.13. The second kappa shape index (κ2) is 8.77. The number of hydrogen-bond donors (Lipinski definition) is 2. The third-order valence-electron chi connectivity index (χ3n) is 4.96. The molecule has 1 fully saturated rings. The van der Waals surface area contributed by atoms with E-state index in [-0.39, 0.29) is 18.9 Å². The molecule has 0 saturated carbocycles. The number of amides is 4. The number of urea groups is 1. The smallest absolute Gasteiger partial charge is 0.325 e. The molecule has 1 heterocycles. The standard InChI is InChI=1S/C22H25N3O4/c1-22(14-17-10-6-7-11-18(17)29-2)20(27)25(21(28)24-22)15-19(26)23-13-12-16-8-4-3-5-9-16/h3-11H,12-15H2,1-2H3,(H,23,26)(H,24,28)/t22-/m1/s1. The maximum Gasteiger partial charge on any atom is 0.325 e. The zero-order chi connectivity index (χ0) is 20.9. The predicted octanol–water partition coefficient (Wildman–Crippen LogP) is 1.91. The molecule has 0 unspecified atom stereocenters. The molecule has 0 aromatic heterocycles. The van der Waals surface area contributed by atoms with Crippen molar-refractivity contribution < 1.29 is 19.1 Å². The first kappa shape index (κ1) is 20.4. The molecular weight excluding hydrogens is 370 g/mol. The molecule has 0 spiro atoms. The lowest BCUT2D eigenvalue weighted by atomic mass is 9.92. The fraction of sp³-hybridized carbons (Fsp3) is 0.318. The average molecular weight is 395 g/mol. The van der Waals surface area contributed by atoms with E-state index in [1.54, 1.807) is 20.1 Å². The summed E-state index contributed by atoms with van der Waals surface area (Å²) in [5.74, 6) is -0.148. The number of nitrogens with zero attached hydrogens (tertiary/aromatic N) is 1. The molecule has 3 rings (SSSR count). The number of carbonyl (C=O) groups is 3. The van der Waals surface area contributed by atoms with E-state index in [0.29, 0.717) is 18.7 Å². The van der Waals surface area contributed by atoms with Crippen molar-refractivity contribution >= 4 is 17.8 Å². The number of rotatable bonds is 8. The summed E-state index contributed by atoms with van der Waals surface area (Å²) in [7, 11) is 1.56. The van der Waals surface area contributed by atoms with Gasteiger partial charge in [0.15, 0.2) is 0 Å². The lowest BCUT2D eigenvalue weighted by Crippen LogP contribution is -2.47. The Morgan fingerprint density at radius 2 is 1.79 bits per heavy atom. The van der Waals surface area contributed by atoms with Gasteiger partial charge in [0, 0.05) is 13.0 Å². The van der Waals surface area contributed by atoms with Gasteiger partial charge in [0.1, 0.15) is 17.8 Å². The van der Waals surface area contributed by atoms with Crippen LogP contribution in [0.25, 0.3) is 0 Å². The van der Waals surface area contributed by atoms with Crippen molar-refractivity contribution in [2.24, 2.45) is 0 Å². The minimum Gasteiger partial charge on any atom is -0.496 e. The molecule has 1 aliphatic heterocycles. The highest BCUT2D eigenvalue weighted by atomic mass is 16.5. The summed E-state index contributed by atoms with van der Waals surface area (Å²) >= 11 is 0. The number of para-hydroxylation sites is 1. The van der Waals surface area contributed by atoms with Gasteiger partial charge in [-0.3, -0.25) is 14.5 Å². The molecule has 2 aromatic rings. The van der Waals surface area contributed by atoms with Crippen molar-refractivity contribution in [3.8, 4) is 5.75 Å². The molecule has 7 heteroatoms. The van der Waals surface area contributed by atoms with Crippen LogP contribution in [0.5, 0.6) is 5.75 Å². The largest absolute Gasteiger partial charge is 0.496 e. The number of carbonyl (C=O) groups excluding carboxylic acids is 3. The van der Waals surface area contributed by atoms with Crippen LogP contribution in [-0.4, -0.2) is 48.5 Å². The maximum absolute atomic E-state index is 12.9. The summed E-state index contributed by atoms with van der Waals surface area (Å²) in [4.78, 5) is 38.5. The van der Waals surface area contributed by atoms with Crippen LogP contribution in [0.3, 0.4) is 0 Å². The first-order valence-corrected chi connectivity index (χ1v) is 9.49. The van der Waals surface area contributed by atoms with Crippen LogP contribution < -0.4 is 15.4 Å². The topological polar surface area (TPSA) is 87.7 Å². The Kier molecular flexibility index (Phi) is 6.16. The number of benzene rings is 2. The highest BCUT2D eigenvalue weighted by molar-refractivity contribution is 6.09. The van der Waals surface area contributed by atoms with E-state index in [4.69, 9.17) is 4.74 Å². The fourth-order valence-electron chi connectivity index (χ4n) is 3.43. The predicted molar refractivity (Wildman–Crippen MR) is 109 cm³/mol. The summed E-state index contributed by atoms with van der Waals surface area (Å²) in [6.45, 7) is 1.79. The van der Waals surface area contributed by atoms with E-state index in [2.05, 4.69) is 10.6 Å². The second-order valence-corrected chi connectivity index (χ2v) is 7.23. The molecule has 0 bridgehead atoms. The molecule has 1 atom stereocenters. The van der Waals surface area contributed by atoms with Crippen LogP contribution in [0.15, 0.2) is 54.6 Å². The summed E-state index contributed by atoms with van der Waals surface area (Å²) in [5, 5.41) is 5.48. The van der Waals surface area contributed by atoms with Crippen LogP contribution in [0, 0.1) is 0 Å². The fourth-order valence-corrected chi connectivity index (χ4v) is 3.43. The van der Waals surface area contributed by atoms with E-state index in [1.165, 1.54) is 0 Å². The monoisotopic (exact) mass is 395 g/mol. The maximum atomic E-state index is 12.9. The van der Waals surface area contributed by atoms with Crippen molar-refractivity contribution in [2.75, 3.05) is 20.2 Å². The van der Waals surface area contributed by atoms with Gasteiger partial charge in [-0.2, -0.15) is 0 Å². The van der Waals surface area contributed by atoms with E-state index in [1.807, 2.05) is 48.5 Å². The summed E-state index contributed by atoms with van der Waals surface area (Å²) < 4.78 is 5.33. The highest BCUT2D eigenvalue weighted by Crippen LogP contribution is 2.27. The van der Waals surface area contributed by atoms with Gasteiger partial charge in [0.05, 0.1) is 7.11 Å². The number of ether oxygens (including phenoxy) is 1. The Morgan fingerprint density at radius 1 is 1.10 bits per heavy atom. The van der Waals surface area contributed by atoms with Gasteiger partial charge < -0.3 is 15.4 Å². The Morgan fingerprint density at radius 3 is 2.52 bits per heavy atom. The Hall–Kier alpha value is -3.35. The molecule has 1 aliphatic rings. The molecule has 152 valence electrons. The third kappa shape index (κ3) is 4.74. The third-order valence-corrected chi connectivity index (χ3v) is 4.96. The van der Waals surface area contributed by atoms with Crippen molar-refractivity contribution in [1.82, 2.24) is 15.5 Å². The molecule has 29 heavy (non-hydrogen) atoms. The van der Waals surface area contributed by atoms with Gasteiger partial charge >= 0.3 is 6.03 Å². The van der Waals surface area contributed by atoms with Gasteiger partial charge in [0.25, 0.3) is 5.91 Å². The van der Waals surface area contributed by atoms with Gasteiger partial charge in [0.2, 0.25) is 5.91 Å². The van der Waals surface area contributed by atoms with Crippen LogP contribution in [-0.2, 0) is 22.4 Å². The quantitative estimate of drug-likeness (QED) is 0.669. The van der Waals surface area contributed by atoms with E-state index in [9.17, 15) is 14.4 Å². The highest BCUT2D eigenvalue weighted by Gasteiger charge is 2.48. The molecule has 1 saturated heterocycles. The number of methoxy groups -OCH3 is 1. The van der Waals surface area contributed by atoms with Crippen LogP contribution in [0.1, 0.15) is 18.1 Å². The van der Waals surface area contributed by atoms with Crippen molar-refractivity contribution in [3.63, 3.8) is 0 Å². The van der Waals surface area contributed by atoms with Gasteiger partial charge in [-0.25, -0.2) is 4.79 Å². The van der Waals surface area contributed by atoms with Crippen LogP contribution >= 0.6 is 0 Å². The molecule has 7 nitrogen and oxygen atoms in total. The molecular formula is C22H25N3O4. The van der Waals surface area contributed by atoms with Crippen molar-refractivity contribution in [1.29, 1.82) is 0 Å². The van der Waals surface area contributed by atoms with Gasteiger partial charge in [-0.1, -0.05) is 48.5 Å². The van der Waals surface area contributed by atoms with E-state index < -0.39 is 17.5 Å². The zero-order valence-corrected chi connectivity index (χ0v) is 16.6. The van der Waals surface area contributed by atoms with Crippen molar-refractivity contribution in [2.45, 2.75) is 25.3 Å². The Balaban J connectivity index is 1.58. The number of hydrogen-bond acceptors (Lipinski definition) is 4. The summed E-state index contributed by atoms with van der Waals surface area (Å²) in [6, 6.07) is 16.5. The lowest BCUT2D eigenvalue weighted by Gasteiger charge is -2.22. The first-order chi connectivity index (χ1) is 13.9. The Labute approximate surface area is 170 Å². The van der Waals surface area contributed by atoms with E-state index in [0.717, 1.165) is 16.0 Å². The molecule has 2 aromatic carbocycles. The van der Waals surface area contributed by atoms with Gasteiger partial charge in [-0.15, -0.1) is 0 Å². The lowest BCUT2D eigenvalue weighted by molar-refractivity contribution is -0.134. The number of imide groups is 1. The van der Waals surface area contributed by atoms with Crippen LogP contribution in [0.4, 0.5) is 4.79 Å². The van der Waals surface area contributed by atoms with Crippen LogP contribution in [0.2, 0.25) is 0 Å².